The molecule has 0 amide bonds. The minimum absolute atomic E-state index is 0.0492. The first-order chi connectivity index (χ1) is 10.2. The molecule has 0 fully saturated rings. The number of fused-ring (bicyclic) bond motifs is 1. The first-order valence-electron chi connectivity index (χ1n) is 7.24. The zero-order valence-electron chi connectivity index (χ0n) is 12.1. The van der Waals surface area contributed by atoms with Crippen LogP contribution in [0.15, 0.2) is 29.1 Å². The summed E-state index contributed by atoms with van der Waals surface area (Å²) in [7, 11) is 0. The molecule has 0 saturated carbocycles. The van der Waals surface area contributed by atoms with Crippen LogP contribution in [0, 0.1) is 6.92 Å². The third-order valence-electron chi connectivity index (χ3n) is 3.91. The van der Waals surface area contributed by atoms with Crippen molar-refractivity contribution in [1.29, 1.82) is 0 Å². The molecular weight excluding hydrogens is 264 g/mol. The maximum absolute atomic E-state index is 12.5. The fraction of sp³-hybridized carbons (Fsp3) is 0.294. The van der Waals surface area contributed by atoms with Gasteiger partial charge in [0.25, 0.3) is 5.56 Å². The number of hydrogen-bond acceptors (Lipinski definition) is 2. The molecule has 4 heteroatoms. The van der Waals surface area contributed by atoms with Gasteiger partial charge in [0.1, 0.15) is 17.1 Å². The lowest BCUT2D eigenvalue weighted by Crippen LogP contribution is -2.31. The van der Waals surface area contributed by atoms with Gasteiger partial charge in [-0.25, -0.2) is 0 Å². The summed E-state index contributed by atoms with van der Waals surface area (Å²) < 4.78 is 1.69. The molecule has 1 aromatic heterocycles. The number of carbonyl (C=O) groups is 1. The van der Waals surface area contributed by atoms with E-state index in [0.29, 0.717) is 22.9 Å². The van der Waals surface area contributed by atoms with E-state index in [4.69, 9.17) is 0 Å². The number of aldehydes is 1. The molecule has 0 saturated heterocycles. The first kappa shape index (κ1) is 13.6. The smallest absolute Gasteiger partial charge is 0.275 e. The Morgan fingerprint density at radius 1 is 1.19 bits per heavy atom. The molecule has 0 spiro atoms. The number of rotatable bonds is 2. The van der Waals surface area contributed by atoms with E-state index in [-0.39, 0.29) is 5.56 Å². The molecule has 1 aliphatic heterocycles. The van der Waals surface area contributed by atoms with Gasteiger partial charge in [0.15, 0.2) is 0 Å². The second-order valence-electron chi connectivity index (χ2n) is 5.50. The van der Waals surface area contributed by atoms with Crippen LogP contribution in [0.1, 0.15) is 30.4 Å². The van der Waals surface area contributed by atoms with E-state index in [1.807, 2.05) is 37.3 Å². The van der Waals surface area contributed by atoms with Gasteiger partial charge >= 0.3 is 0 Å². The predicted octanol–water partition coefficient (Wildman–Crippen LogP) is 0.847. The maximum atomic E-state index is 12.5. The highest BCUT2D eigenvalue weighted by Gasteiger charge is 2.11. The molecule has 2 aromatic rings. The number of aromatic nitrogens is 2. The Balaban J connectivity index is 2.22. The van der Waals surface area contributed by atoms with Gasteiger partial charge in [-0.1, -0.05) is 29.8 Å². The van der Waals surface area contributed by atoms with Crippen molar-refractivity contribution in [2.24, 2.45) is 0 Å². The lowest BCUT2D eigenvalue weighted by molar-refractivity contribution is -0.103. The number of H-pyrrole nitrogens is 1. The van der Waals surface area contributed by atoms with Crippen LogP contribution in [0.25, 0.3) is 11.6 Å². The van der Waals surface area contributed by atoms with Gasteiger partial charge in [0.2, 0.25) is 0 Å². The van der Waals surface area contributed by atoms with E-state index < -0.39 is 0 Å². The first-order valence-corrected chi connectivity index (χ1v) is 7.24. The average molecular weight is 282 g/mol. The molecular formula is C17H18N2O2. The maximum Gasteiger partial charge on any atom is 0.275 e. The van der Waals surface area contributed by atoms with E-state index in [1.165, 1.54) is 5.56 Å². The molecule has 1 aliphatic rings. The Bertz CT molecular complexity index is 838. The summed E-state index contributed by atoms with van der Waals surface area (Å²) >= 11 is 0. The van der Waals surface area contributed by atoms with Crippen molar-refractivity contribution in [3.63, 3.8) is 0 Å². The summed E-state index contributed by atoms with van der Waals surface area (Å²) in [6, 6.07) is 7.99. The lowest BCUT2D eigenvalue weighted by Gasteiger charge is -1.95. The number of aromatic amines is 1. The molecule has 1 N–H and O–H groups in total. The molecule has 1 aromatic carbocycles. The Morgan fingerprint density at radius 3 is 2.67 bits per heavy atom. The quantitative estimate of drug-likeness (QED) is 0.830. The van der Waals surface area contributed by atoms with Crippen molar-refractivity contribution in [1.82, 2.24) is 9.55 Å². The normalized spacial score (nSPS) is 15.7. The summed E-state index contributed by atoms with van der Waals surface area (Å²) in [6.45, 7) is 2.70. The summed E-state index contributed by atoms with van der Waals surface area (Å²) in [5.41, 5.74) is 3.47. The van der Waals surface area contributed by atoms with Crippen LogP contribution in [0.5, 0.6) is 0 Å². The van der Waals surface area contributed by atoms with Crippen molar-refractivity contribution in [2.45, 2.75) is 32.7 Å². The molecule has 108 valence electrons. The van der Waals surface area contributed by atoms with Gasteiger partial charge in [0.05, 0.1) is 0 Å². The van der Waals surface area contributed by atoms with Crippen molar-refractivity contribution in [3.05, 3.63) is 56.6 Å². The minimum atomic E-state index is -0.0492. The van der Waals surface area contributed by atoms with Gasteiger partial charge < -0.3 is 4.98 Å². The van der Waals surface area contributed by atoms with Crippen LogP contribution in [-0.4, -0.2) is 15.8 Å². The summed E-state index contributed by atoms with van der Waals surface area (Å²) in [5.74, 6) is 0. The van der Waals surface area contributed by atoms with Gasteiger partial charge in [-0.05, 0) is 37.8 Å². The van der Waals surface area contributed by atoms with E-state index in [2.05, 4.69) is 4.98 Å². The largest absolute Gasteiger partial charge is 0.337 e. The van der Waals surface area contributed by atoms with Crippen LogP contribution in [-0.2, 0) is 11.3 Å². The standard InChI is InChI=1S/C17H18N2O2/c1-12-5-7-13(8-6-12)10-15-17(21)19-9-3-2-4-14(11-20)16(19)18-15/h5-8,10-11,18H,2-4,9H2,1H3. The Labute approximate surface area is 122 Å². The highest BCUT2D eigenvalue weighted by molar-refractivity contribution is 5.97. The second-order valence-corrected chi connectivity index (χ2v) is 5.50. The predicted molar refractivity (Wildman–Crippen MR) is 82.4 cm³/mol. The van der Waals surface area contributed by atoms with Gasteiger partial charge in [-0.15, -0.1) is 0 Å². The van der Waals surface area contributed by atoms with Crippen LogP contribution in [0.4, 0.5) is 0 Å². The van der Waals surface area contributed by atoms with E-state index in [9.17, 15) is 9.59 Å². The number of benzene rings is 1. The summed E-state index contributed by atoms with van der Waals surface area (Å²) in [4.78, 5) is 26.8. The third kappa shape index (κ3) is 2.61. The molecule has 0 atom stereocenters. The average Bonchev–Trinajstić information content (AvgIpc) is 2.68. The molecule has 0 unspecified atom stereocenters. The van der Waals surface area contributed by atoms with Crippen molar-refractivity contribution < 1.29 is 4.79 Å². The van der Waals surface area contributed by atoms with Crippen LogP contribution in [0.2, 0.25) is 0 Å². The third-order valence-corrected chi connectivity index (χ3v) is 3.91. The number of imidazole rings is 1. The van der Waals surface area contributed by atoms with Gasteiger partial charge in [0, 0.05) is 12.1 Å². The van der Waals surface area contributed by atoms with Crippen molar-refractivity contribution >= 4 is 17.9 Å². The SMILES string of the molecule is Cc1ccc(C=c2[nH]c3n(c2=O)CCCCC=3C=O)cc1. The Hall–Kier alpha value is -2.36. The number of nitrogens with one attached hydrogen (secondary N) is 1. The van der Waals surface area contributed by atoms with E-state index in [0.717, 1.165) is 31.1 Å². The fourth-order valence-corrected chi connectivity index (χ4v) is 2.71. The van der Waals surface area contributed by atoms with Crippen molar-refractivity contribution in [2.75, 3.05) is 0 Å². The number of carbonyl (C=O) groups excluding carboxylic acids is 1. The Kier molecular flexibility index (Phi) is 3.60. The van der Waals surface area contributed by atoms with E-state index in [1.54, 1.807) is 4.57 Å². The second kappa shape index (κ2) is 5.56. The minimum Gasteiger partial charge on any atom is -0.337 e. The van der Waals surface area contributed by atoms with Crippen LogP contribution < -0.4 is 16.4 Å². The molecule has 21 heavy (non-hydrogen) atoms. The fourth-order valence-electron chi connectivity index (χ4n) is 2.71. The van der Waals surface area contributed by atoms with Gasteiger partial charge in [-0.3, -0.25) is 14.2 Å². The highest BCUT2D eigenvalue weighted by atomic mass is 16.1. The monoisotopic (exact) mass is 282 g/mol. The molecule has 0 bridgehead atoms. The van der Waals surface area contributed by atoms with Gasteiger partial charge in [-0.2, -0.15) is 0 Å². The number of nitrogens with zero attached hydrogens (tertiary/aromatic N) is 1. The molecule has 0 aliphatic carbocycles. The van der Waals surface area contributed by atoms with Crippen LogP contribution >= 0.6 is 0 Å². The lowest BCUT2D eigenvalue weighted by atomic mass is 10.1. The zero-order chi connectivity index (χ0) is 14.8. The highest BCUT2D eigenvalue weighted by Crippen LogP contribution is 2.07. The van der Waals surface area contributed by atoms with E-state index >= 15 is 0 Å². The zero-order valence-corrected chi connectivity index (χ0v) is 12.1. The molecule has 2 heterocycles. The Morgan fingerprint density at radius 2 is 1.95 bits per heavy atom. The molecule has 0 radical (unpaired) electrons. The topological polar surface area (TPSA) is 54.9 Å². The van der Waals surface area contributed by atoms with Crippen LogP contribution in [0.3, 0.4) is 0 Å². The molecule has 4 nitrogen and oxygen atoms in total. The number of hydrogen-bond donors (Lipinski definition) is 1. The van der Waals surface area contributed by atoms with Crippen molar-refractivity contribution in [3.8, 4) is 0 Å². The summed E-state index contributed by atoms with van der Waals surface area (Å²) in [6.07, 6.45) is 5.30. The molecule has 3 rings (SSSR count). The number of aryl methyl sites for hydroxylation is 1. The summed E-state index contributed by atoms with van der Waals surface area (Å²) in [5, 5.41) is 0.537.